The Morgan fingerprint density at radius 2 is 1.68 bits per heavy atom. The Kier molecular flexibility index (Phi) is 5.57. The Hall–Kier alpha value is -0.863. The second kappa shape index (κ2) is 6.53. The average molecular weight is 276 g/mol. The Bertz CT molecular complexity index is 401. The van der Waals surface area contributed by atoms with Gasteiger partial charge >= 0.3 is 0 Å². The van der Waals surface area contributed by atoms with Gasteiger partial charge in [-0.3, -0.25) is 0 Å². The standard InChI is InChI=1S/C17H28OSi/c1-17(2,13-9-10-14-19(3,4)5)16(18)15-11-7-6-8-12-15/h6-12,16,18H,13-14H2,1-5H3/b10-9+. The van der Waals surface area contributed by atoms with Gasteiger partial charge in [0.25, 0.3) is 0 Å². The zero-order valence-corrected chi connectivity index (χ0v) is 14.0. The van der Waals surface area contributed by atoms with Gasteiger partial charge in [-0.15, -0.1) is 0 Å². The van der Waals surface area contributed by atoms with E-state index < -0.39 is 14.2 Å². The molecule has 0 aromatic heterocycles. The van der Waals surface area contributed by atoms with Gasteiger partial charge in [0.15, 0.2) is 0 Å². The van der Waals surface area contributed by atoms with Crippen LogP contribution in [0.2, 0.25) is 25.7 Å². The molecule has 0 aliphatic rings. The molecule has 2 heteroatoms. The third-order valence-corrected chi connectivity index (χ3v) is 4.86. The van der Waals surface area contributed by atoms with Crippen LogP contribution in [-0.2, 0) is 0 Å². The number of hydrogen-bond donors (Lipinski definition) is 1. The maximum absolute atomic E-state index is 10.5. The maximum atomic E-state index is 10.5. The van der Waals surface area contributed by atoms with Crippen LogP contribution < -0.4 is 0 Å². The predicted molar refractivity (Wildman–Crippen MR) is 87.1 cm³/mol. The van der Waals surface area contributed by atoms with E-state index in [0.29, 0.717) is 0 Å². The quantitative estimate of drug-likeness (QED) is 0.570. The van der Waals surface area contributed by atoms with E-state index in [-0.39, 0.29) is 5.41 Å². The number of rotatable bonds is 6. The normalized spacial score (nSPS) is 14.8. The number of benzene rings is 1. The third-order valence-electron chi connectivity index (χ3n) is 3.40. The fraction of sp³-hybridized carbons (Fsp3) is 0.529. The van der Waals surface area contributed by atoms with Crippen LogP contribution in [0.3, 0.4) is 0 Å². The molecule has 1 atom stereocenters. The molecule has 1 unspecified atom stereocenters. The van der Waals surface area contributed by atoms with Gasteiger partial charge in [-0.25, -0.2) is 0 Å². The molecule has 0 saturated carbocycles. The van der Waals surface area contributed by atoms with E-state index in [1.165, 1.54) is 6.04 Å². The van der Waals surface area contributed by atoms with Crippen molar-refractivity contribution >= 4 is 8.07 Å². The molecule has 0 spiro atoms. The maximum Gasteiger partial charge on any atom is 0.0843 e. The van der Waals surface area contributed by atoms with Crippen molar-refractivity contribution in [2.45, 2.75) is 52.1 Å². The van der Waals surface area contributed by atoms with Gasteiger partial charge < -0.3 is 5.11 Å². The molecule has 0 amide bonds. The summed E-state index contributed by atoms with van der Waals surface area (Å²) >= 11 is 0. The highest BCUT2D eigenvalue weighted by Crippen LogP contribution is 2.36. The Balaban J connectivity index is 2.61. The Labute approximate surface area is 119 Å². The first-order chi connectivity index (χ1) is 8.72. The van der Waals surface area contributed by atoms with Crippen molar-refractivity contribution in [2.75, 3.05) is 0 Å². The van der Waals surface area contributed by atoms with Gasteiger partial charge in [-0.05, 0) is 23.4 Å². The molecule has 1 aromatic rings. The third kappa shape index (κ3) is 5.75. The molecule has 1 rings (SSSR count). The van der Waals surface area contributed by atoms with Crippen LogP contribution in [-0.4, -0.2) is 13.2 Å². The summed E-state index contributed by atoms with van der Waals surface area (Å²) in [4.78, 5) is 0. The summed E-state index contributed by atoms with van der Waals surface area (Å²) < 4.78 is 0. The fourth-order valence-corrected chi connectivity index (χ4v) is 2.90. The van der Waals surface area contributed by atoms with Crippen molar-refractivity contribution in [3.8, 4) is 0 Å². The van der Waals surface area contributed by atoms with Crippen LogP contribution >= 0.6 is 0 Å². The van der Waals surface area contributed by atoms with Crippen molar-refractivity contribution < 1.29 is 5.11 Å². The van der Waals surface area contributed by atoms with Crippen LogP contribution in [0.5, 0.6) is 0 Å². The average Bonchev–Trinajstić information content (AvgIpc) is 2.34. The van der Waals surface area contributed by atoms with E-state index in [4.69, 9.17) is 0 Å². The van der Waals surface area contributed by atoms with E-state index >= 15 is 0 Å². The zero-order chi connectivity index (χ0) is 14.5. The van der Waals surface area contributed by atoms with Crippen molar-refractivity contribution in [1.82, 2.24) is 0 Å². The SMILES string of the molecule is CC(C)(C/C=C/C[Si](C)(C)C)C(O)c1ccccc1. The van der Waals surface area contributed by atoms with Crippen molar-refractivity contribution in [1.29, 1.82) is 0 Å². The van der Waals surface area contributed by atoms with Crippen LogP contribution in [0.15, 0.2) is 42.5 Å². The number of aliphatic hydroxyl groups is 1. The molecule has 0 saturated heterocycles. The van der Waals surface area contributed by atoms with Crippen LogP contribution in [0.1, 0.15) is 31.9 Å². The largest absolute Gasteiger partial charge is 0.388 e. The predicted octanol–water partition coefficient (Wildman–Crippen LogP) is 5.03. The van der Waals surface area contributed by atoms with E-state index in [9.17, 15) is 5.11 Å². The first kappa shape index (κ1) is 16.2. The first-order valence-corrected chi connectivity index (χ1v) is 10.8. The minimum absolute atomic E-state index is 0.128. The molecule has 0 bridgehead atoms. The second-order valence-corrected chi connectivity index (χ2v) is 12.8. The summed E-state index contributed by atoms with van der Waals surface area (Å²) in [6, 6.07) is 11.2. The number of allylic oxidation sites excluding steroid dienone is 2. The van der Waals surface area contributed by atoms with Gasteiger partial charge in [0.05, 0.1) is 6.10 Å². The highest BCUT2D eigenvalue weighted by atomic mass is 28.3. The fourth-order valence-electron chi connectivity index (χ4n) is 2.02. The summed E-state index contributed by atoms with van der Waals surface area (Å²) in [6.07, 6.45) is 5.04. The van der Waals surface area contributed by atoms with Crippen LogP contribution in [0.4, 0.5) is 0 Å². The van der Waals surface area contributed by atoms with E-state index in [1.54, 1.807) is 0 Å². The molecule has 106 valence electrons. The van der Waals surface area contributed by atoms with E-state index in [2.05, 4.69) is 45.6 Å². The molecule has 19 heavy (non-hydrogen) atoms. The minimum atomic E-state index is -0.994. The molecule has 1 aromatic carbocycles. The van der Waals surface area contributed by atoms with E-state index in [0.717, 1.165) is 12.0 Å². The van der Waals surface area contributed by atoms with Gasteiger partial charge in [-0.2, -0.15) is 0 Å². The van der Waals surface area contributed by atoms with Gasteiger partial charge in [0, 0.05) is 8.07 Å². The number of aliphatic hydroxyl groups excluding tert-OH is 1. The van der Waals surface area contributed by atoms with Gasteiger partial charge in [0.2, 0.25) is 0 Å². The van der Waals surface area contributed by atoms with Gasteiger partial charge in [0.1, 0.15) is 0 Å². The topological polar surface area (TPSA) is 20.2 Å². The summed E-state index contributed by atoms with van der Waals surface area (Å²) in [6.45, 7) is 11.4. The first-order valence-electron chi connectivity index (χ1n) is 7.10. The van der Waals surface area contributed by atoms with Crippen LogP contribution in [0.25, 0.3) is 0 Å². The molecule has 1 N–H and O–H groups in total. The lowest BCUT2D eigenvalue weighted by atomic mass is 9.80. The smallest absolute Gasteiger partial charge is 0.0843 e. The van der Waals surface area contributed by atoms with Crippen molar-refractivity contribution in [3.05, 3.63) is 48.0 Å². The summed E-state index contributed by atoms with van der Waals surface area (Å²) in [5.41, 5.74) is 0.878. The molecule has 1 nitrogen and oxygen atoms in total. The molecule has 0 heterocycles. The van der Waals surface area contributed by atoms with Crippen molar-refractivity contribution in [2.24, 2.45) is 5.41 Å². The molecular formula is C17H28OSi. The molecule has 0 aliphatic carbocycles. The second-order valence-electron chi connectivity index (χ2n) is 7.24. The monoisotopic (exact) mass is 276 g/mol. The van der Waals surface area contributed by atoms with Gasteiger partial charge in [-0.1, -0.05) is 76.0 Å². The molecule has 0 radical (unpaired) electrons. The highest BCUT2D eigenvalue weighted by Gasteiger charge is 2.27. The van der Waals surface area contributed by atoms with Crippen molar-refractivity contribution in [3.63, 3.8) is 0 Å². The highest BCUT2D eigenvalue weighted by molar-refractivity contribution is 6.76. The zero-order valence-electron chi connectivity index (χ0n) is 13.0. The summed E-state index contributed by atoms with van der Waals surface area (Å²) in [5, 5.41) is 10.5. The lowest BCUT2D eigenvalue weighted by Crippen LogP contribution is -2.21. The minimum Gasteiger partial charge on any atom is -0.388 e. The lowest BCUT2D eigenvalue weighted by Gasteiger charge is -2.30. The number of hydrogen-bond acceptors (Lipinski definition) is 1. The summed E-state index contributed by atoms with van der Waals surface area (Å²) in [7, 11) is -0.994. The van der Waals surface area contributed by atoms with Crippen LogP contribution in [0, 0.1) is 5.41 Å². The van der Waals surface area contributed by atoms with E-state index in [1.807, 2.05) is 30.3 Å². The molecule has 0 fully saturated rings. The summed E-state index contributed by atoms with van der Waals surface area (Å²) in [5.74, 6) is 0. The Morgan fingerprint density at radius 1 is 1.11 bits per heavy atom. The molecule has 0 aliphatic heterocycles. The molecular weight excluding hydrogens is 248 g/mol. The lowest BCUT2D eigenvalue weighted by molar-refractivity contribution is 0.0513. The Morgan fingerprint density at radius 3 is 2.21 bits per heavy atom.